The van der Waals surface area contributed by atoms with E-state index in [1.165, 1.54) is 10.5 Å². The Bertz CT molecular complexity index is 1030. The smallest absolute Gasteiger partial charge is 0.245 e. The number of nitrogens with one attached hydrogen (secondary N) is 1. The molecule has 3 aromatic rings. The molecule has 0 fully saturated rings. The predicted octanol–water partition coefficient (Wildman–Crippen LogP) is 4.05. The van der Waals surface area contributed by atoms with E-state index >= 15 is 0 Å². The summed E-state index contributed by atoms with van der Waals surface area (Å²) in [5, 5.41) is 4.33. The standard InChI is InChI=1S/C21H26N4O2S/c1-15(2)25(16(3)4)28(26,27)19-10-11-20(24-14-19)23-13-18-8-5-7-17-9-6-12-22-21(17)18/h5-12,14-16H,13H2,1-4H3,(H,23,24). The third-order valence-corrected chi connectivity index (χ3v) is 6.74. The zero-order chi connectivity index (χ0) is 20.3. The van der Waals surface area contributed by atoms with Gasteiger partial charge in [-0.05, 0) is 51.5 Å². The van der Waals surface area contributed by atoms with Crippen LogP contribution in [0, 0.1) is 0 Å². The topological polar surface area (TPSA) is 75.2 Å². The summed E-state index contributed by atoms with van der Waals surface area (Å²) < 4.78 is 27.3. The minimum atomic E-state index is -3.58. The van der Waals surface area contributed by atoms with Crippen molar-refractivity contribution in [2.24, 2.45) is 0 Å². The number of benzene rings is 1. The number of sulfonamides is 1. The Balaban J connectivity index is 1.78. The quantitative estimate of drug-likeness (QED) is 0.650. The molecule has 0 spiro atoms. The molecule has 2 heterocycles. The first-order valence-electron chi connectivity index (χ1n) is 9.37. The Hall–Kier alpha value is -2.51. The number of hydrogen-bond acceptors (Lipinski definition) is 5. The largest absolute Gasteiger partial charge is 0.366 e. The van der Waals surface area contributed by atoms with E-state index in [0.29, 0.717) is 12.4 Å². The molecular formula is C21H26N4O2S. The van der Waals surface area contributed by atoms with Crippen LogP contribution in [0.4, 0.5) is 5.82 Å². The summed E-state index contributed by atoms with van der Waals surface area (Å²) in [6.45, 7) is 8.05. The van der Waals surface area contributed by atoms with Crippen molar-refractivity contribution in [3.63, 3.8) is 0 Å². The Morgan fingerprint density at radius 2 is 1.68 bits per heavy atom. The first-order chi connectivity index (χ1) is 13.3. The van der Waals surface area contributed by atoms with Gasteiger partial charge in [-0.25, -0.2) is 13.4 Å². The highest BCUT2D eigenvalue weighted by Gasteiger charge is 2.29. The van der Waals surface area contributed by atoms with Crippen molar-refractivity contribution >= 4 is 26.7 Å². The normalized spacial score (nSPS) is 12.2. The van der Waals surface area contributed by atoms with Gasteiger partial charge in [0, 0.05) is 36.4 Å². The molecule has 0 saturated carbocycles. The molecule has 28 heavy (non-hydrogen) atoms. The summed E-state index contributed by atoms with van der Waals surface area (Å²) in [4.78, 5) is 8.95. The molecule has 0 bridgehead atoms. The summed E-state index contributed by atoms with van der Waals surface area (Å²) in [5.41, 5.74) is 2.00. The highest BCUT2D eigenvalue weighted by molar-refractivity contribution is 7.89. The molecule has 1 N–H and O–H groups in total. The van der Waals surface area contributed by atoms with Crippen molar-refractivity contribution in [3.05, 3.63) is 60.4 Å². The Kier molecular flexibility index (Phi) is 5.96. The van der Waals surface area contributed by atoms with Gasteiger partial charge in [0.15, 0.2) is 0 Å². The van der Waals surface area contributed by atoms with E-state index in [0.717, 1.165) is 16.5 Å². The van der Waals surface area contributed by atoms with Crippen LogP contribution in [0.5, 0.6) is 0 Å². The van der Waals surface area contributed by atoms with Gasteiger partial charge in [-0.1, -0.05) is 24.3 Å². The highest BCUT2D eigenvalue weighted by atomic mass is 32.2. The molecule has 0 atom stereocenters. The van der Waals surface area contributed by atoms with E-state index in [4.69, 9.17) is 0 Å². The number of fused-ring (bicyclic) bond motifs is 1. The average Bonchev–Trinajstić information content (AvgIpc) is 2.65. The van der Waals surface area contributed by atoms with Crippen molar-refractivity contribution in [2.45, 2.75) is 51.2 Å². The summed E-state index contributed by atoms with van der Waals surface area (Å²) in [5.74, 6) is 0.618. The van der Waals surface area contributed by atoms with Crippen LogP contribution in [0.25, 0.3) is 10.9 Å². The third-order valence-electron chi connectivity index (χ3n) is 4.51. The Labute approximate surface area is 166 Å². The predicted molar refractivity (Wildman–Crippen MR) is 113 cm³/mol. The number of rotatable bonds is 7. The average molecular weight is 399 g/mol. The van der Waals surface area contributed by atoms with Crippen LogP contribution in [0.1, 0.15) is 33.3 Å². The molecule has 0 aliphatic heterocycles. The maximum Gasteiger partial charge on any atom is 0.245 e. The number of hydrogen-bond donors (Lipinski definition) is 1. The van der Waals surface area contributed by atoms with Crippen LogP contribution in [0.3, 0.4) is 0 Å². The fourth-order valence-electron chi connectivity index (χ4n) is 3.41. The van der Waals surface area contributed by atoms with Crippen LogP contribution in [-0.4, -0.2) is 34.8 Å². The van der Waals surface area contributed by atoms with Crippen molar-refractivity contribution in [1.82, 2.24) is 14.3 Å². The number of aromatic nitrogens is 2. The van der Waals surface area contributed by atoms with Gasteiger partial charge in [0.2, 0.25) is 10.0 Å². The SMILES string of the molecule is CC(C)N(C(C)C)S(=O)(=O)c1ccc(NCc2cccc3cccnc23)nc1. The van der Waals surface area contributed by atoms with Gasteiger partial charge in [0.05, 0.1) is 5.52 Å². The summed E-state index contributed by atoms with van der Waals surface area (Å²) in [6, 6.07) is 13.0. The van der Waals surface area contributed by atoms with E-state index in [2.05, 4.69) is 15.3 Å². The first kappa shape index (κ1) is 20.2. The first-order valence-corrected chi connectivity index (χ1v) is 10.8. The molecule has 1 aromatic carbocycles. The maximum atomic E-state index is 12.9. The summed E-state index contributed by atoms with van der Waals surface area (Å²) >= 11 is 0. The van der Waals surface area contributed by atoms with Crippen LogP contribution in [-0.2, 0) is 16.6 Å². The maximum absolute atomic E-state index is 12.9. The molecular weight excluding hydrogens is 372 g/mol. The lowest BCUT2D eigenvalue weighted by atomic mass is 10.1. The van der Waals surface area contributed by atoms with Crippen molar-refractivity contribution in [3.8, 4) is 0 Å². The van der Waals surface area contributed by atoms with Crippen molar-refractivity contribution in [1.29, 1.82) is 0 Å². The van der Waals surface area contributed by atoms with Gasteiger partial charge in [0.25, 0.3) is 0 Å². The molecule has 6 nitrogen and oxygen atoms in total. The molecule has 0 radical (unpaired) electrons. The Morgan fingerprint density at radius 3 is 2.32 bits per heavy atom. The number of para-hydroxylation sites is 1. The molecule has 3 rings (SSSR count). The number of pyridine rings is 2. The Morgan fingerprint density at radius 1 is 0.964 bits per heavy atom. The fourth-order valence-corrected chi connectivity index (χ4v) is 5.19. The van der Waals surface area contributed by atoms with Crippen LogP contribution in [0.15, 0.2) is 59.8 Å². The van der Waals surface area contributed by atoms with E-state index in [1.54, 1.807) is 18.3 Å². The minimum absolute atomic E-state index is 0.123. The molecule has 148 valence electrons. The molecule has 2 aromatic heterocycles. The third kappa shape index (κ3) is 4.15. The number of nitrogens with zero attached hydrogens (tertiary/aromatic N) is 3. The van der Waals surface area contributed by atoms with Crippen LogP contribution >= 0.6 is 0 Å². The number of anilines is 1. The molecule has 7 heteroatoms. The second kappa shape index (κ2) is 8.24. The van der Waals surface area contributed by atoms with Crippen molar-refractivity contribution < 1.29 is 8.42 Å². The highest BCUT2D eigenvalue weighted by Crippen LogP contribution is 2.22. The molecule has 0 saturated heterocycles. The lowest BCUT2D eigenvalue weighted by molar-refractivity contribution is 0.302. The van der Waals surface area contributed by atoms with Gasteiger partial charge in [-0.3, -0.25) is 4.98 Å². The molecule has 0 aliphatic carbocycles. The van der Waals surface area contributed by atoms with Gasteiger partial charge < -0.3 is 5.32 Å². The lowest BCUT2D eigenvalue weighted by Crippen LogP contribution is -2.41. The minimum Gasteiger partial charge on any atom is -0.366 e. The second-order valence-electron chi connectivity index (χ2n) is 7.25. The zero-order valence-electron chi connectivity index (χ0n) is 16.6. The lowest BCUT2D eigenvalue weighted by Gasteiger charge is -2.29. The summed E-state index contributed by atoms with van der Waals surface area (Å²) in [6.07, 6.45) is 3.19. The fraction of sp³-hybridized carbons (Fsp3) is 0.333. The van der Waals surface area contributed by atoms with E-state index in [-0.39, 0.29) is 17.0 Å². The molecule has 0 aliphatic rings. The van der Waals surface area contributed by atoms with Gasteiger partial charge in [-0.15, -0.1) is 0 Å². The van der Waals surface area contributed by atoms with Gasteiger partial charge >= 0.3 is 0 Å². The van der Waals surface area contributed by atoms with E-state index < -0.39 is 10.0 Å². The molecule has 0 unspecified atom stereocenters. The van der Waals surface area contributed by atoms with E-state index in [9.17, 15) is 8.42 Å². The van der Waals surface area contributed by atoms with Crippen molar-refractivity contribution in [2.75, 3.05) is 5.32 Å². The zero-order valence-corrected chi connectivity index (χ0v) is 17.4. The van der Waals surface area contributed by atoms with Gasteiger partial charge in [-0.2, -0.15) is 4.31 Å². The van der Waals surface area contributed by atoms with Crippen LogP contribution < -0.4 is 5.32 Å². The van der Waals surface area contributed by atoms with E-state index in [1.807, 2.05) is 58.0 Å². The van der Waals surface area contributed by atoms with Crippen LogP contribution in [0.2, 0.25) is 0 Å². The monoisotopic (exact) mass is 398 g/mol. The second-order valence-corrected chi connectivity index (χ2v) is 9.09. The molecule has 0 amide bonds. The van der Waals surface area contributed by atoms with Gasteiger partial charge in [0.1, 0.15) is 10.7 Å². The summed E-state index contributed by atoms with van der Waals surface area (Å²) in [7, 11) is -3.58.